The minimum Gasteiger partial charge on any atom is -0.463 e. The molecule has 6 heteroatoms. The molecule has 2 atom stereocenters. The molecule has 0 saturated heterocycles. The fraction of sp³-hybridized carbons (Fsp3) is 0.280. The molecule has 1 heterocycles. The Morgan fingerprint density at radius 1 is 1.00 bits per heavy atom. The van der Waals surface area contributed by atoms with Gasteiger partial charge in [0.1, 0.15) is 0 Å². The molecule has 31 heavy (non-hydrogen) atoms. The minimum atomic E-state index is -0.480. The standard InChI is InChI=1S/C25H23Cl2NO3/c1-3-31-25(30)22-14(2)28-20-12-17(15-4-8-18(26)9-5-15)13-21(29)24(20)23(22)16-6-10-19(27)11-7-16/h4-11,17,23,28H,3,12-13H2,1-2H3/t17-,23+/m0/s1. The van der Waals surface area contributed by atoms with Crippen LogP contribution in [0.25, 0.3) is 0 Å². The van der Waals surface area contributed by atoms with Crippen LogP contribution in [0.3, 0.4) is 0 Å². The van der Waals surface area contributed by atoms with E-state index in [4.69, 9.17) is 27.9 Å². The number of benzene rings is 2. The highest BCUT2D eigenvalue weighted by Crippen LogP contribution is 2.45. The summed E-state index contributed by atoms with van der Waals surface area (Å²) < 4.78 is 5.33. The third kappa shape index (κ3) is 4.28. The molecule has 0 radical (unpaired) electrons. The molecule has 0 spiro atoms. The Morgan fingerprint density at radius 3 is 2.16 bits per heavy atom. The predicted octanol–water partition coefficient (Wildman–Crippen LogP) is 5.92. The van der Waals surface area contributed by atoms with Gasteiger partial charge in [-0.2, -0.15) is 0 Å². The molecular weight excluding hydrogens is 433 g/mol. The first kappa shape index (κ1) is 21.7. The first-order chi connectivity index (χ1) is 14.9. The molecule has 0 amide bonds. The van der Waals surface area contributed by atoms with E-state index < -0.39 is 11.9 Å². The first-order valence-electron chi connectivity index (χ1n) is 10.3. The highest BCUT2D eigenvalue weighted by atomic mass is 35.5. The molecule has 0 aromatic heterocycles. The summed E-state index contributed by atoms with van der Waals surface area (Å²) in [5.74, 6) is -0.806. The SMILES string of the molecule is CCOC(=O)C1=C(C)NC2=C(C(=O)C[C@@H](c3ccc(Cl)cc3)C2)[C@@H]1c1ccc(Cl)cc1. The number of carbonyl (C=O) groups excluding carboxylic acids is 2. The summed E-state index contributed by atoms with van der Waals surface area (Å²) in [6.07, 6.45) is 1.06. The summed E-state index contributed by atoms with van der Waals surface area (Å²) in [7, 11) is 0. The molecule has 0 saturated carbocycles. The largest absolute Gasteiger partial charge is 0.463 e. The van der Waals surface area contributed by atoms with Crippen LogP contribution in [0.4, 0.5) is 0 Å². The monoisotopic (exact) mass is 455 g/mol. The van der Waals surface area contributed by atoms with Crippen LogP contribution in [0.15, 0.2) is 71.1 Å². The molecule has 2 aliphatic rings. The molecular formula is C25H23Cl2NO3. The van der Waals surface area contributed by atoms with Gasteiger partial charge in [-0.25, -0.2) is 4.79 Å². The van der Waals surface area contributed by atoms with Crippen LogP contribution in [0.1, 0.15) is 49.7 Å². The van der Waals surface area contributed by atoms with E-state index >= 15 is 0 Å². The third-order valence-electron chi connectivity index (χ3n) is 5.87. The maximum atomic E-state index is 13.4. The van der Waals surface area contributed by atoms with Crippen molar-refractivity contribution in [2.24, 2.45) is 0 Å². The number of carbonyl (C=O) groups is 2. The van der Waals surface area contributed by atoms with E-state index in [1.165, 1.54) is 0 Å². The molecule has 4 rings (SSSR count). The van der Waals surface area contributed by atoms with Crippen molar-refractivity contribution in [2.45, 2.75) is 38.5 Å². The van der Waals surface area contributed by atoms with Gasteiger partial charge in [0.2, 0.25) is 0 Å². The summed E-state index contributed by atoms with van der Waals surface area (Å²) in [4.78, 5) is 26.3. The lowest BCUT2D eigenvalue weighted by Gasteiger charge is -2.36. The number of hydrogen-bond acceptors (Lipinski definition) is 4. The fourth-order valence-corrected chi connectivity index (χ4v) is 4.73. The van der Waals surface area contributed by atoms with E-state index in [0.29, 0.717) is 39.7 Å². The quantitative estimate of drug-likeness (QED) is 0.581. The van der Waals surface area contributed by atoms with Gasteiger partial charge in [-0.3, -0.25) is 4.79 Å². The molecule has 1 N–H and O–H groups in total. The lowest BCUT2D eigenvalue weighted by atomic mass is 9.72. The second-order valence-electron chi connectivity index (χ2n) is 7.84. The molecule has 2 aromatic carbocycles. The van der Waals surface area contributed by atoms with Crippen molar-refractivity contribution in [3.05, 3.63) is 92.2 Å². The van der Waals surface area contributed by atoms with Crippen molar-refractivity contribution in [2.75, 3.05) is 6.61 Å². The van der Waals surface area contributed by atoms with Crippen LogP contribution in [-0.4, -0.2) is 18.4 Å². The number of ketones is 1. The van der Waals surface area contributed by atoms with E-state index in [2.05, 4.69) is 5.32 Å². The molecule has 160 valence electrons. The lowest BCUT2D eigenvalue weighted by molar-refractivity contribution is -0.138. The smallest absolute Gasteiger partial charge is 0.336 e. The number of Topliss-reactive ketones (excluding diaryl/α,β-unsaturated/α-hetero) is 1. The molecule has 4 nitrogen and oxygen atoms in total. The van der Waals surface area contributed by atoms with Crippen LogP contribution >= 0.6 is 23.2 Å². The lowest BCUT2D eigenvalue weighted by Crippen LogP contribution is -2.36. The number of dihydropyridines is 1. The summed E-state index contributed by atoms with van der Waals surface area (Å²) in [6.45, 7) is 3.89. The zero-order chi connectivity index (χ0) is 22.1. The zero-order valence-electron chi connectivity index (χ0n) is 17.4. The number of hydrogen-bond donors (Lipinski definition) is 1. The van der Waals surface area contributed by atoms with E-state index in [-0.39, 0.29) is 18.3 Å². The number of allylic oxidation sites excluding steroid dienone is 3. The fourth-order valence-electron chi connectivity index (χ4n) is 4.48. The second-order valence-corrected chi connectivity index (χ2v) is 8.71. The number of rotatable bonds is 4. The number of halogens is 2. The molecule has 0 bridgehead atoms. The normalized spacial score (nSPS) is 21.0. The molecule has 1 aliphatic carbocycles. The molecule has 0 fully saturated rings. The number of esters is 1. The van der Waals surface area contributed by atoms with Gasteiger partial charge in [0.25, 0.3) is 0 Å². The van der Waals surface area contributed by atoms with Gasteiger partial charge in [-0.15, -0.1) is 0 Å². The van der Waals surface area contributed by atoms with Crippen molar-refractivity contribution in [1.82, 2.24) is 5.32 Å². The van der Waals surface area contributed by atoms with Gasteiger partial charge in [-0.05, 0) is 61.6 Å². The van der Waals surface area contributed by atoms with Crippen molar-refractivity contribution in [3.8, 4) is 0 Å². The summed E-state index contributed by atoms with van der Waals surface area (Å²) >= 11 is 12.1. The van der Waals surface area contributed by atoms with E-state index in [9.17, 15) is 9.59 Å². The van der Waals surface area contributed by atoms with E-state index in [0.717, 1.165) is 16.8 Å². The molecule has 0 unspecified atom stereocenters. The summed E-state index contributed by atoms with van der Waals surface area (Å²) in [6, 6.07) is 14.9. The Bertz CT molecular complexity index is 1080. The van der Waals surface area contributed by atoms with Gasteiger partial charge < -0.3 is 10.1 Å². The Morgan fingerprint density at radius 2 is 1.58 bits per heavy atom. The van der Waals surface area contributed by atoms with Crippen molar-refractivity contribution < 1.29 is 14.3 Å². The van der Waals surface area contributed by atoms with E-state index in [1.54, 1.807) is 19.1 Å². The van der Waals surface area contributed by atoms with Gasteiger partial charge in [0, 0.05) is 39.4 Å². The van der Waals surface area contributed by atoms with Crippen LogP contribution < -0.4 is 5.32 Å². The number of ether oxygens (including phenoxy) is 1. The Labute approximate surface area is 191 Å². The van der Waals surface area contributed by atoms with Crippen LogP contribution in [0.5, 0.6) is 0 Å². The maximum Gasteiger partial charge on any atom is 0.336 e. The van der Waals surface area contributed by atoms with Gasteiger partial charge in [-0.1, -0.05) is 47.5 Å². The van der Waals surface area contributed by atoms with Crippen LogP contribution in [0.2, 0.25) is 10.0 Å². The van der Waals surface area contributed by atoms with Gasteiger partial charge >= 0.3 is 5.97 Å². The molecule has 1 aliphatic heterocycles. The second kappa shape index (κ2) is 8.89. The maximum absolute atomic E-state index is 13.4. The van der Waals surface area contributed by atoms with Crippen LogP contribution in [-0.2, 0) is 14.3 Å². The van der Waals surface area contributed by atoms with Crippen molar-refractivity contribution in [1.29, 1.82) is 0 Å². The zero-order valence-corrected chi connectivity index (χ0v) is 18.9. The first-order valence-corrected chi connectivity index (χ1v) is 11.1. The predicted molar refractivity (Wildman–Crippen MR) is 122 cm³/mol. The Hall–Kier alpha value is -2.56. The highest BCUT2D eigenvalue weighted by molar-refractivity contribution is 6.30. The average Bonchev–Trinajstić information content (AvgIpc) is 2.74. The average molecular weight is 456 g/mol. The summed E-state index contributed by atoms with van der Waals surface area (Å²) in [5, 5.41) is 4.61. The van der Waals surface area contributed by atoms with E-state index in [1.807, 2.05) is 43.3 Å². The minimum absolute atomic E-state index is 0.0305. The summed E-state index contributed by atoms with van der Waals surface area (Å²) in [5.41, 5.74) is 4.61. The van der Waals surface area contributed by atoms with Crippen molar-refractivity contribution >= 4 is 35.0 Å². The van der Waals surface area contributed by atoms with Gasteiger partial charge in [0.05, 0.1) is 12.2 Å². The topological polar surface area (TPSA) is 55.4 Å². The Balaban J connectivity index is 1.78. The van der Waals surface area contributed by atoms with Crippen LogP contribution in [0, 0.1) is 0 Å². The number of nitrogens with one attached hydrogen (secondary N) is 1. The van der Waals surface area contributed by atoms with Gasteiger partial charge in [0.15, 0.2) is 5.78 Å². The highest BCUT2D eigenvalue weighted by Gasteiger charge is 2.41. The third-order valence-corrected chi connectivity index (χ3v) is 6.37. The van der Waals surface area contributed by atoms with Crippen molar-refractivity contribution in [3.63, 3.8) is 0 Å². The Kier molecular flexibility index (Phi) is 6.22. The molecule has 2 aromatic rings.